The maximum Gasteiger partial charge on any atom is 0.128 e. The minimum absolute atomic E-state index is 0.129. The molecule has 5 heteroatoms. The van der Waals surface area contributed by atoms with Gasteiger partial charge in [0.25, 0.3) is 0 Å². The Balaban J connectivity index is 2.44. The third-order valence-corrected chi connectivity index (χ3v) is 4.08. The standard InChI is InChI=1S/C16H20F2N2S/c1-9(2)14-8-21-16(20-14)15(19-10(3)4)12-7-11(17)5-6-13(12)18/h5-10,15,19H,1-4H3. The molecule has 1 aromatic carbocycles. The highest BCUT2D eigenvalue weighted by Crippen LogP contribution is 2.30. The van der Waals surface area contributed by atoms with Crippen molar-refractivity contribution in [3.63, 3.8) is 0 Å². The Hall–Kier alpha value is -1.33. The van der Waals surface area contributed by atoms with Gasteiger partial charge in [0.15, 0.2) is 0 Å². The van der Waals surface area contributed by atoms with Gasteiger partial charge in [-0.3, -0.25) is 0 Å². The van der Waals surface area contributed by atoms with Gasteiger partial charge in [-0.1, -0.05) is 13.8 Å². The van der Waals surface area contributed by atoms with Gasteiger partial charge < -0.3 is 5.32 Å². The first-order valence-electron chi connectivity index (χ1n) is 7.04. The number of thiazole rings is 1. The quantitative estimate of drug-likeness (QED) is 0.871. The summed E-state index contributed by atoms with van der Waals surface area (Å²) in [4.78, 5) is 4.58. The topological polar surface area (TPSA) is 24.9 Å². The van der Waals surface area contributed by atoms with Crippen molar-refractivity contribution in [3.8, 4) is 0 Å². The summed E-state index contributed by atoms with van der Waals surface area (Å²) in [7, 11) is 0. The van der Waals surface area contributed by atoms with Crippen LogP contribution >= 0.6 is 11.3 Å². The minimum Gasteiger partial charge on any atom is -0.302 e. The zero-order chi connectivity index (χ0) is 15.6. The van der Waals surface area contributed by atoms with E-state index < -0.39 is 17.7 Å². The van der Waals surface area contributed by atoms with Crippen molar-refractivity contribution in [3.05, 3.63) is 51.5 Å². The number of benzene rings is 1. The molecule has 0 aliphatic carbocycles. The highest BCUT2D eigenvalue weighted by atomic mass is 32.1. The maximum atomic E-state index is 14.1. The number of hydrogen-bond acceptors (Lipinski definition) is 3. The Bertz CT molecular complexity index is 608. The summed E-state index contributed by atoms with van der Waals surface area (Å²) >= 11 is 1.47. The van der Waals surface area contributed by atoms with Crippen molar-refractivity contribution in [1.29, 1.82) is 0 Å². The molecule has 0 aliphatic rings. The lowest BCUT2D eigenvalue weighted by Gasteiger charge is -2.20. The number of rotatable bonds is 5. The van der Waals surface area contributed by atoms with E-state index >= 15 is 0 Å². The third-order valence-electron chi connectivity index (χ3n) is 3.15. The molecule has 0 spiro atoms. The molecule has 114 valence electrons. The van der Waals surface area contributed by atoms with Crippen LogP contribution in [0.3, 0.4) is 0 Å². The molecule has 1 atom stereocenters. The van der Waals surface area contributed by atoms with Gasteiger partial charge >= 0.3 is 0 Å². The largest absolute Gasteiger partial charge is 0.302 e. The van der Waals surface area contributed by atoms with E-state index in [9.17, 15) is 8.78 Å². The van der Waals surface area contributed by atoms with Crippen molar-refractivity contribution in [2.75, 3.05) is 0 Å². The third kappa shape index (κ3) is 3.86. The van der Waals surface area contributed by atoms with Crippen LogP contribution in [0.15, 0.2) is 23.6 Å². The summed E-state index contributed by atoms with van der Waals surface area (Å²) in [6.07, 6.45) is 0. The monoisotopic (exact) mass is 310 g/mol. The molecule has 1 heterocycles. The average molecular weight is 310 g/mol. The molecule has 21 heavy (non-hydrogen) atoms. The molecule has 0 saturated carbocycles. The molecule has 1 N–H and O–H groups in total. The van der Waals surface area contributed by atoms with Crippen LogP contribution in [0.2, 0.25) is 0 Å². The first-order chi connectivity index (χ1) is 9.88. The second-order valence-corrected chi connectivity index (χ2v) is 6.58. The van der Waals surface area contributed by atoms with Crippen LogP contribution in [0.25, 0.3) is 0 Å². The average Bonchev–Trinajstić information content (AvgIpc) is 2.88. The highest BCUT2D eigenvalue weighted by molar-refractivity contribution is 7.09. The van der Waals surface area contributed by atoms with Crippen LogP contribution in [0.4, 0.5) is 8.78 Å². The molecular formula is C16H20F2N2S. The van der Waals surface area contributed by atoms with Crippen LogP contribution in [0, 0.1) is 11.6 Å². The second-order valence-electron chi connectivity index (χ2n) is 5.69. The van der Waals surface area contributed by atoms with Gasteiger partial charge in [-0.15, -0.1) is 11.3 Å². The summed E-state index contributed by atoms with van der Waals surface area (Å²) in [6.45, 7) is 8.07. The Morgan fingerprint density at radius 2 is 1.86 bits per heavy atom. The summed E-state index contributed by atoms with van der Waals surface area (Å²) in [6, 6.07) is 3.23. The Morgan fingerprint density at radius 1 is 1.14 bits per heavy atom. The highest BCUT2D eigenvalue weighted by Gasteiger charge is 2.23. The van der Waals surface area contributed by atoms with E-state index in [-0.39, 0.29) is 6.04 Å². The van der Waals surface area contributed by atoms with Gasteiger partial charge in [-0.2, -0.15) is 0 Å². The van der Waals surface area contributed by atoms with E-state index in [0.29, 0.717) is 11.5 Å². The molecule has 0 aliphatic heterocycles. The van der Waals surface area contributed by atoms with E-state index in [1.807, 2.05) is 19.2 Å². The minimum atomic E-state index is -0.442. The van der Waals surface area contributed by atoms with Crippen molar-refractivity contribution in [1.82, 2.24) is 10.3 Å². The summed E-state index contributed by atoms with van der Waals surface area (Å²) in [5.41, 5.74) is 1.27. The number of halogens is 2. The maximum absolute atomic E-state index is 14.1. The summed E-state index contributed by atoms with van der Waals surface area (Å²) < 4.78 is 27.6. The molecule has 0 fully saturated rings. The van der Waals surface area contributed by atoms with Crippen molar-refractivity contribution >= 4 is 11.3 Å². The summed E-state index contributed by atoms with van der Waals surface area (Å²) in [5.74, 6) is -0.550. The fraction of sp³-hybridized carbons (Fsp3) is 0.438. The van der Waals surface area contributed by atoms with Crippen LogP contribution in [0.1, 0.15) is 55.9 Å². The summed E-state index contributed by atoms with van der Waals surface area (Å²) in [5, 5.41) is 6.01. The molecular weight excluding hydrogens is 290 g/mol. The van der Waals surface area contributed by atoms with Crippen LogP contribution in [0.5, 0.6) is 0 Å². The fourth-order valence-electron chi connectivity index (χ4n) is 2.06. The Kier molecular flexibility index (Phi) is 5.06. The zero-order valence-electron chi connectivity index (χ0n) is 12.7. The van der Waals surface area contributed by atoms with Crippen LogP contribution in [-0.4, -0.2) is 11.0 Å². The number of nitrogens with one attached hydrogen (secondary N) is 1. The van der Waals surface area contributed by atoms with E-state index in [1.54, 1.807) is 0 Å². The van der Waals surface area contributed by atoms with Gasteiger partial charge in [-0.25, -0.2) is 13.8 Å². The molecule has 0 bridgehead atoms. The fourth-order valence-corrected chi connectivity index (χ4v) is 3.12. The van der Waals surface area contributed by atoms with E-state index in [0.717, 1.165) is 22.8 Å². The lowest BCUT2D eigenvalue weighted by molar-refractivity contribution is 0.495. The molecule has 1 unspecified atom stereocenters. The van der Waals surface area contributed by atoms with E-state index in [2.05, 4.69) is 24.1 Å². The molecule has 1 aromatic heterocycles. The molecule has 0 amide bonds. The van der Waals surface area contributed by atoms with Crippen LogP contribution < -0.4 is 5.32 Å². The molecule has 2 rings (SSSR count). The number of aromatic nitrogens is 1. The van der Waals surface area contributed by atoms with Gasteiger partial charge in [0.1, 0.15) is 16.6 Å². The second kappa shape index (κ2) is 6.62. The van der Waals surface area contributed by atoms with Crippen molar-refractivity contribution < 1.29 is 8.78 Å². The van der Waals surface area contributed by atoms with E-state index in [4.69, 9.17) is 0 Å². The van der Waals surface area contributed by atoms with Gasteiger partial charge in [0.05, 0.1) is 11.7 Å². The molecule has 0 saturated heterocycles. The predicted octanol–water partition coefficient (Wildman–Crippen LogP) is 4.63. The number of nitrogens with zero attached hydrogens (tertiary/aromatic N) is 1. The lowest BCUT2D eigenvalue weighted by atomic mass is 10.1. The van der Waals surface area contributed by atoms with Crippen LogP contribution in [-0.2, 0) is 0 Å². The van der Waals surface area contributed by atoms with Gasteiger partial charge in [0.2, 0.25) is 0 Å². The number of hydrogen-bond donors (Lipinski definition) is 1. The van der Waals surface area contributed by atoms with Gasteiger partial charge in [-0.05, 0) is 38.0 Å². The lowest BCUT2D eigenvalue weighted by Crippen LogP contribution is -2.29. The van der Waals surface area contributed by atoms with Crippen molar-refractivity contribution in [2.24, 2.45) is 0 Å². The van der Waals surface area contributed by atoms with Crippen molar-refractivity contribution in [2.45, 2.75) is 45.7 Å². The smallest absolute Gasteiger partial charge is 0.128 e. The molecule has 0 radical (unpaired) electrons. The van der Waals surface area contributed by atoms with E-state index in [1.165, 1.54) is 17.4 Å². The first kappa shape index (κ1) is 16.0. The first-order valence-corrected chi connectivity index (χ1v) is 7.92. The Labute approximate surface area is 128 Å². The molecule has 2 aromatic rings. The van der Waals surface area contributed by atoms with Gasteiger partial charge in [0, 0.05) is 17.0 Å². The molecule has 2 nitrogen and oxygen atoms in total. The SMILES string of the molecule is CC(C)NC(c1nc(C(C)C)cs1)c1cc(F)ccc1F. The normalized spacial score (nSPS) is 13.1. The zero-order valence-corrected chi connectivity index (χ0v) is 13.5. The Morgan fingerprint density at radius 3 is 2.43 bits per heavy atom. The predicted molar refractivity (Wildman–Crippen MR) is 82.7 cm³/mol.